The first-order valence-corrected chi connectivity index (χ1v) is 9.11. The minimum atomic E-state index is -0.674. The molecule has 0 spiro atoms. The number of benzene rings is 2. The zero-order chi connectivity index (χ0) is 19.0. The summed E-state index contributed by atoms with van der Waals surface area (Å²) in [6.07, 6.45) is 1.49. The Morgan fingerprint density at radius 1 is 1.11 bits per heavy atom. The van der Waals surface area contributed by atoms with Gasteiger partial charge in [0.25, 0.3) is 5.56 Å². The molecule has 136 valence electrons. The highest BCUT2D eigenvalue weighted by atomic mass is 35.5. The summed E-state index contributed by atoms with van der Waals surface area (Å²) in [6.45, 7) is 2.58. The zero-order valence-corrected chi connectivity index (χ0v) is 15.5. The normalized spacial score (nSPS) is 11.3. The molecule has 2 heterocycles. The van der Waals surface area contributed by atoms with E-state index >= 15 is 0 Å². The molecular formula is C20H17ClN4O2. The third-order valence-corrected chi connectivity index (χ3v) is 4.98. The summed E-state index contributed by atoms with van der Waals surface area (Å²) in [6, 6.07) is 13.7. The Hall–Kier alpha value is -2.99. The van der Waals surface area contributed by atoms with Crippen molar-refractivity contribution in [2.45, 2.75) is 26.3 Å². The number of aromatic amines is 1. The standard InChI is InChI=1S/C20H17ClN4O2/c1-2-13-10-16-15(11-14(13)21)22-17-18(23-20(27)24-19(17)26)25(16)9-8-12-6-4-3-5-7-12/h3-7,10-11H,2,8-9H2,1H3,(H,24,26,27). The Morgan fingerprint density at radius 2 is 1.89 bits per heavy atom. The van der Waals surface area contributed by atoms with Gasteiger partial charge in [-0.3, -0.25) is 9.78 Å². The SMILES string of the molecule is CCc1cc2c(cc1Cl)nc1c(=O)[nH]c(=O)nc-1n2CCc1ccccc1. The number of fused-ring (bicyclic) bond motifs is 2. The molecule has 2 aliphatic heterocycles. The average Bonchev–Trinajstić information content (AvgIpc) is 2.66. The number of H-pyrrole nitrogens is 1. The smallest absolute Gasteiger partial charge is 0.322 e. The molecule has 0 fully saturated rings. The summed E-state index contributed by atoms with van der Waals surface area (Å²) in [5.41, 5.74) is 2.45. The van der Waals surface area contributed by atoms with Gasteiger partial charge in [0.2, 0.25) is 0 Å². The molecule has 7 heteroatoms. The monoisotopic (exact) mass is 380 g/mol. The van der Waals surface area contributed by atoms with Gasteiger partial charge in [0.15, 0.2) is 11.5 Å². The van der Waals surface area contributed by atoms with Crippen LogP contribution in [0.1, 0.15) is 18.1 Å². The van der Waals surface area contributed by atoms with Crippen LogP contribution in [0.15, 0.2) is 52.1 Å². The molecule has 0 amide bonds. The lowest BCUT2D eigenvalue weighted by Gasteiger charge is -2.18. The first-order valence-electron chi connectivity index (χ1n) is 8.73. The van der Waals surface area contributed by atoms with Crippen LogP contribution in [-0.4, -0.2) is 19.5 Å². The minimum Gasteiger partial charge on any atom is -0.322 e. The number of hydrogen-bond donors (Lipinski definition) is 1. The third kappa shape index (κ3) is 3.24. The Labute approximate surface area is 159 Å². The largest absolute Gasteiger partial charge is 0.349 e. The number of rotatable bonds is 4. The summed E-state index contributed by atoms with van der Waals surface area (Å²) >= 11 is 6.34. The zero-order valence-electron chi connectivity index (χ0n) is 14.7. The molecule has 0 saturated heterocycles. The highest BCUT2D eigenvalue weighted by Crippen LogP contribution is 2.27. The summed E-state index contributed by atoms with van der Waals surface area (Å²) in [4.78, 5) is 34.7. The van der Waals surface area contributed by atoms with E-state index in [-0.39, 0.29) is 11.5 Å². The maximum atomic E-state index is 12.3. The van der Waals surface area contributed by atoms with Gasteiger partial charge in [0, 0.05) is 11.6 Å². The van der Waals surface area contributed by atoms with Crippen molar-refractivity contribution in [3.63, 3.8) is 0 Å². The molecule has 0 aromatic heterocycles. The highest BCUT2D eigenvalue weighted by molar-refractivity contribution is 6.32. The van der Waals surface area contributed by atoms with Crippen LogP contribution in [0, 0.1) is 0 Å². The van der Waals surface area contributed by atoms with Crippen LogP contribution in [0.5, 0.6) is 0 Å². The second-order valence-electron chi connectivity index (χ2n) is 6.33. The van der Waals surface area contributed by atoms with E-state index < -0.39 is 11.2 Å². The van der Waals surface area contributed by atoms with Gasteiger partial charge in [-0.25, -0.2) is 9.78 Å². The molecule has 0 radical (unpaired) electrons. The molecule has 0 bridgehead atoms. The van der Waals surface area contributed by atoms with E-state index in [1.807, 2.05) is 47.9 Å². The van der Waals surface area contributed by atoms with E-state index in [2.05, 4.69) is 15.0 Å². The molecule has 27 heavy (non-hydrogen) atoms. The van der Waals surface area contributed by atoms with Crippen molar-refractivity contribution in [3.8, 4) is 11.5 Å². The van der Waals surface area contributed by atoms with Crippen LogP contribution in [0.3, 0.4) is 0 Å². The van der Waals surface area contributed by atoms with E-state index in [0.717, 1.165) is 29.5 Å². The number of halogens is 1. The average molecular weight is 381 g/mol. The molecule has 2 aromatic rings. The van der Waals surface area contributed by atoms with Crippen LogP contribution in [-0.2, 0) is 19.4 Å². The lowest BCUT2D eigenvalue weighted by Crippen LogP contribution is -2.29. The Bertz CT molecular complexity index is 1210. The van der Waals surface area contributed by atoms with Crippen molar-refractivity contribution in [1.29, 1.82) is 0 Å². The van der Waals surface area contributed by atoms with Crippen molar-refractivity contribution in [3.05, 3.63) is 79.5 Å². The summed E-state index contributed by atoms with van der Waals surface area (Å²) in [5, 5.41) is 0.608. The Morgan fingerprint density at radius 3 is 2.63 bits per heavy atom. The lowest BCUT2D eigenvalue weighted by atomic mass is 10.1. The Balaban J connectivity index is 1.98. The fourth-order valence-electron chi connectivity index (χ4n) is 3.24. The fourth-order valence-corrected chi connectivity index (χ4v) is 3.53. The minimum absolute atomic E-state index is 0.135. The van der Waals surface area contributed by atoms with Gasteiger partial charge >= 0.3 is 5.69 Å². The quantitative estimate of drug-likeness (QED) is 0.552. The van der Waals surface area contributed by atoms with Crippen LogP contribution in [0.2, 0.25) is 5.02 Å². The molecule has 0 aliphatic carbocycles. The van der Waals surface area contributed by atoms with Crippen molar-refractivity contribution < 1.29 is 0 Å². The van der Waals surface area contributed by atoms with Crippen LogP contribution in [0.4, 0.5) is 0 Å². The highest BCUT2D eigenvalue weighted by Gasteiger charge is 2.19. The van der Waals surface area contributed by atoms with Crippen molar-refractivity contribution in [2.24, 2.45) is 0 Å². The number of hydrogen-bond acceptors (Lipinski definition) is 4. The van der Waals surface area contributed by atoms with Gasteiger partial charge in [0.05, 0.1) is 11.0 Å². The van der Waals surface area contributed by atoms with E-state index in [9.17, 15) is 9.59 Å². The van der Waals surface area contributed by atoms with Gasteiger partial charge in [-0.1, -0.05) is 48.9 Å². The van der Waals surface area contributed by atoms with Crippen molar-refractivity contribution in [1.82, 2.24) is 19.5 Å². The van der Waals surface area contributed by atoms with Gasteiger partial charge in [0.1, 0.15) is 0 Å². The summed E-state index contributed by atoms with van der Waals surface area (Å²) in [7, 11) is 0. The first-order chi connectivity index (χ1) is 13.1. The molecular weight excluding hydrogens is 364 g/mol. The van der Waals surface area contributed by atoms with Gasteiger partial charge in [-0.15, -0.1) is 0 Å². The number of aryl methyl sites for hydroxylation is 3. The van der Waals surface area contributed by atoms with E-state index in [1.54, 1.807) is 6.07 Å². The maximum Gasteiger partial charge on any atom is 0.349 e. The summed E-state index contributed by atoms with van der Waals surface area (Å²) < 4.78 is 1.89. The van der Waals surface area contributed by atoms with E-state index in [1.165, 1.54) is 0 Å². The molecule has 4 rings (SSSR count). The van der Waals surface area contributed by atoms with Crippen LogP contribution in [0.25, 0.3) is 22.6 Å². The molecule has 0 unspecified atom stereocenters. The molecule has 1 N–H and O–H groups in total. The van der Waals surface area contributed by atoms with Gasteiger partial charge in [-0.05, 0) is 36.1 Å². The number of nitrogens with one attached hydrogen (secondary N) is 1. The predicted octanol–water partition coefficient (Wildman–Crippen LogP) is 3.04. The van der Waals surface area contributed by atoms with Crippen molar-refractivity contribution >= 4 is 22.6 Å². The Kier molecular flexibility index (Phi) is 4.49. The predicted molar refractivity (Wildman–Crippen MR) is 106 cm³/mol. The van der Waals surface area contributed by atoms with Crippen LogP contribution >= 0.6 is 11.6 Å². The molecule has 0 saturated carbocycles. The molecule has 0 atom stereocenters. The van der Waals surface area contributed by atoms with E-state index in [0.29, 0.717) is 17.1 Å². The first kappa shape index (κ1) is 17.4. The number of aromatic nitrogens is 4. The molecule has 2 aromatic carbocycles. The second kappa shape index (κ2) is 6.96. The topological polar surface area (TPSA) is 80.6 Å². The fraction of sp³-hybridized carbons (Fsp3) is 0.200. The maximum absolute atomic E-state index is 12.3. The van der Waals surface area contributed by atoms with Gasteiger partial charge in [-0.2, -0.15) is 4.98 Å². The number of nitrogens with zero attached hydrogens (tertiary/aromatic N) is 3. The van der Waals surface area contributed by atoms with Crippen molar-refractivity contribution in [2.75, 3.05) is 0 Å². The molecule has 2 aliphatic rings. The molecule has 6 nitrogen and oxygen atoms in total. The van der Waals surface area contributed by atoms with Crippen LogP contribution < -0.4 is 11.2 Å². The lowest BCUT2D eigenvalue weighted by molar-refractivity contribution is 0.700. The van der Waals surface area contributed by atoms with Gasteiger partial charge < -0.3 is 4.57 Å². The van der Waals surface area contributed by atoms with E-state index in [4.69, 9.17) is 11.6 Å². The second-order valence-corrected chi connectivity index (χ2v) is 6.74. The third-order valence-electron chi connectivity index (χ3n) is 4.62. The summed E-state index contributed by atoms with van der Waals surface area (Å²) in [5.74, 6) is 0.288.